The van der Waals surface area contributed by atoms with Crippen molar-refractivity contribution in [3.63, 3.8) is 0 Å². The van der Waals surface area contributed by atoms with Crippen LogP contribution < -0.4 is 5.32 Å². The fraction of sp³-hybridized carbons (Fsp3) is 0.917. The third-order valence-electron chi connectivity index (χ3n) is 3.76. The Labute approximate surface area is 101 Å². The molecule has 17 heavy (non-hydrogen) atoms. The van der Waals surface area contributed by atoms with E-state index in [4.69, 9.17) is 9.84 Å². The maximum atomic E-state index is 10.8. The van der Waals surface area contributed by atoms with Crippen molar-refractivity contribution in [2.75, 3.05) is 13.2 Å². The van der Waals surface area contributed by atoms with E-state index >= 15 is 0 Å². The van der Waals surface area contributed by atoms with Gasteiger partial charge in [0.05, 0.1) is 24.7 Å². The van der Waals surface area contributed by atoms with Crippen LogP contribution in [0.1, 0.15) is 32.1 Å². The molecule has 0 aromatic heterocycles. The second kappa shape index (κ2) is 5.80. The van der Waals surface area contributed by atoms with Crippen LogP contribution in [0.3, 0.4) is 0 Å². The molecule has 0 aromatic rings. The highest BCUT2D eigenvalue weighted by atomic mass is 16.5. The lowest BCUT2D eigenvalue weighted by molar-refractivity contribution is -0.143. The first-order valence-corrected chi connectivity index (χ1v) is 6.41. The zero-order valence-corrected chi connectivity index (χ0v) is 9.97. The van der Waals surface area contributed by atoms with Gasteiger partial charge in [-0.2, -0.15) is 0 Å². The molecule has 1 aliphatic carbocycles. The molecule has 1 heterocycles. The summed E-state index contributed by atoms with van der Waals surface area (Å²) in [7, 11) is 0. The van der Waals surface area contributed by atoms with Crippen molar-refractivity contribution < 1.29 is 19.7 Å². The van der Waals surface area contributed by atoms with Crippen molar-refractivity contribution in [2.45, 2.75) is 50.4 Å². The van der Waals surface area contributed by atoms with Gasteiger partial charge in [0.25, 0.3) is 0 Å². The highest BCUT2D eigenvalue weighted by Gasteiger charge is 2.28. The van der Waals surface area contributed by atoms with Gasteiger partial charge in [0.15, 0.2) is 0 Å². The number of hydrogen-bond acceptors (Lipinski definition) is 4. The predicted molar refractivity (Wildman–Crippen MR) is 61.7 cm³/mol. The number of aliphatic hydroxyl groups is 1. The number of carboxylic acids is 1. The first-order chi connectivity index (χ1) is 8.15. The molecule has 98 valence electrons. The molecule has 0 amide bonds. The van der Waals surface area contributed by atoms with E-state index in [9.17, 15) is 9.90 Å². The molecule has 2 fully saturated rings. The molecule has 1 saturated carbocycles. The average molecular weight is 243 g/mol. The predicted octanol–water partition coefficient (Wildman–Crippen LogP) is 0.369. The minimum atomic E-state index is -0.677. The van der Waals surface area contributed by atoms with E-state index < -0.39 is 5.97 Å². The van der Waals surface area contributed by atoms with Crippen LogP contribution in [0.15, 0.2) is 0 Å². The number of hydrogen-bond donors (Lipinski definition) is 3. The number of nitrogens with one attached hydrogen (secondary N) is 1. The summed E-state index contributed by atoms with van der Waals surface area (Å²) in [6, 6.07) is 0.252. The molecule has 3 N–H and O–H groups in total. The molecule has 2 aliphatic rings. The molecule has 1 saturated heterocycles. The van der Waals surface area contributed by atoms with E-state index in [0.717, 1.165) is 32.1 Å². The van der Waals surface area contributed by atoms with E-state index in [1.165, 1.54) is 0 Å². The van der Waals surface area contributed by atoms with Gasteiger partial charge >= 0.3 is 5.97 Å². The van der Waals surface area contributed by atoms with Gasteiger partial charge < -0.3 is 20.3 Å². The fourth-order valence-electron chi connectivity index (χ4n) is 2.65. The van der Waals surface area contributed by atoms with Crippen LogP contribution in [-0.4, -0.2) is 47.6 Å². The van der Waals surface area contributed by atoms with Gasteiger partial charge in [-0.1, -0.05) is 0 Å². The third kappa shape index (κ3) is 3.66. The number of aliphatic hydroxyl groups excluding tert-OH is 1. The van der Waals surface area contributed by atoms with E-state index in [1.807, 2.05) is 0 Å². The Morgan fingerprint density at radius 3 is 2.53 bits per heavy atom. The maximum Gasteiger partial charge on any atom is 0.306 e. The molecule has 1 aliphatic heterocycles. The average Bonchev–Trinajstić information content (AvgIpc) is 2.73. The molecule has 0 radical (unpaired) electrons. The van der Waals surface area contributed by atoms with Gasteiger partial charge in [-0.25, -0.2) is 0 Å². The minimum absolute atomic E-state index is 0.179. The monoisotopic (exact) mass is 243 g/mol. The standard InChI is InChI=1S/C12H21NO4/c14-10-5-9(13-6-10)7-17-11-3-1-8(2-4-11)12(15)16/h8-11,13-14H,1-7H2,(H,15,16)/t8?,9-,10-,11?/m0/s1. The van der Waals surface area contributed by atoms with Crippen LogP contribution in [0.25, 0.3) is 0 Å². The Morgan fingerprint density at radius 2 is 2.00 bits per heavy atom. The van der Waals surface area contributed by atoms with Gasteiger partial charge in [0, 0.05) is 12.6 Å². The van der Waals surface area contributed by atoms with Crippen LogP contribution in [-0.2, 0) is 9.53 Å². The zero-order valence-electron chi connectivity index (χ0n) is 9.97. The molecule has 5 heteroatoms. The normalized spacial score (nSPS) is 38.2. The lowest BCUT2D eigenvalue weighted by atomic mass is 9.87. The summed E-state index contributed by atoms with van der Waals surface area (Å²) in [5.74, 6) is -0.856. The molecule has 0 aromatic carbocycles. The topological polar surface area (TPSA) is 78.8 Å². The molecule has 0 unspecified atom stereocenters. The molecular formula is C12H21NO4. The van der Waals surface area contributed by atoms with E-state index in [-0.39, 0.29) is 24.2 Å². The van der Waals surface area contributed by atoms with Gasteiger partial charge in [0.1, 0.15) is 0 Å². The molecule has 2 atom stereocenters. The molecular weight excluding hydrogens is 222 g/mol. The van der Waals surface area contributed by atoms with E-state index in [0.29, 0.717) is 13.2 Å². The lowest BCUT2D eigenvalue weighted by Crippen LogP contribution is -2.32. The number of carbonyl (C=O) groups is 1. The Morgan fingerprint density at radius 1 is 1.29 bits per heavy atom. The minimum Gasteiger partial charge on any atom is -0.481 e. The van der Waals surface area contributed by atoms with Crippen molar-refractivity contribution in [1.82, 2.24) is 5.32 Å². The molecule has 5 nitrogen and oxygen atoms in total. The SMILES string of the molecule is O=C(O)C1CCC(OC[C@@H]2C[C@H](O)CN2)CC1. The lowest BCUT2D eigenvalue weighted by Gasteiger charge is -2.27. The Kier molecular flexibility index (Phi) is 4.36. The maximum absolute atomic E-state index is 10.8. The van der Waals surface area contributed by atoms with Gasteiger partial charge in [-0.05, 0) is 32.1 Å². The quantitative estimate of drug-likeness (QED) is 0.665. The summed E-state index contributed by atoms with van der Waals surface area (Å²) < 4.78 is 5.78. The van der Waals surface area contributed by atoms with Crippen molar-refractivity contribution in [1.29, 1.82) is 0 Å². The highest BCUT2D eigenvalue weighted by Crippen LogP contribution is 2.26. The first-order valence-electron chi connectivity index (χ1n) is 6.41. The van der Waals surface area contributed by atoms with Crippen LogP contribution >= 0.6 is 0 Å². The highest BCUT2D eigenvalue weighted by molar-refractivity contribution is 5.70. The summed E-state index contributed by atoms with van der Waals surface area (Å²) in [6.45, 7) is 1.28. The molecule has 2 rings (SSSR count). The van der Waals surface area contributed by atoms with Crippen LogP contribution in [0.5, 0.6) is 0 Å². The number of β-amino-alcohol motifs (C(OH)–C–C–N with tert-alkyl or cyclic N) is 1. The van der Waals surface area contributed by atoms with Crippen LogP contribution in [0.4, 0.5) is 0 Å². The Hall–Kier alpha value is -0.650. The number of ether oxygens (including phenoxy) is 1. The fourth-order valence-corrected chi connectivity index (χ4v) is 2.65. The largest absolute Gasteiger partial charge is 0.481 e. The van der Waals surface area contributed by atoms with Crippen LogP contribution in [0.2, 0.25) is 0 Å². The first kappa shape index (κ1) is 12.8. The third-order valence-corrected chi connectivity index (χ3v) is 3.76. The van der Waals surface area contributed by atoms with Gasteiger partial charge in [-0.15, -0.1) is 0 Å². The number of aliphatic carboxylic acids is 1. The summed E-state index contributed by atoms with van der Waals surface area (Å²) in [5.41, 5.74) is 0. The molecule has 0 bridgehead atoms. The molecule has 0 spiro atoms. The van der Waals surface area contributed by atoms with E-state index in [2.05, 4.69) is 5.32 Å². The second-order valence-corrected chi connectivity index (χ2v) is 5.14. The summed E-state index contributed by atoms with van der Waals surface area (Å²) in [6.07, 6.45) is 3.83. The van der Waals surface area contributed by atoms with Crippen molar-refractivity contribution in [3.05, 3.63) is 0 Å². The summed E-state index contributed by atoms with van der Waals surface area (Å²) in [4.78, 5) is 10.8. The Bertz CT molecular complexity index is 263. The van der Waals surface area contributed by atoms with E-state index in [1.54, 1.807) is 0 Å². The van der Waals surface area contributed by atoms with Gasteiger partial charge in [0.2, 0.25) is 0 Å². The second-order valence-electron chi connectivity index (χ2n) is 5.14. The smallest absolute Gasteiger partial charge is 0.306 e. The Balaban J connectivity index is 1.63. The summed E-state index contributed by atoms with van der Waals surface area (Å²) >= 11 is 0. The summed E-state index contributed by atoms with van der Waals surface area (Å²) in [5, 5.41) is 21.4. The number of carboxylic acid groups (broad SMARTS) is 1. The van der Waals surface area contributed by atoms with Crippen molar-refractivity contribution in [2.24, 2.45) is 5.92 Å². The van der Waals surface area contributed by atoms with Crippen molar-refractivity contribution >= 4 is 5.97 Å². The van der Waals surface area contributed by atoms with Crippen molar-refractivity contribution in [3.8, 4) is 0 Å². The van der Waals surface area contributed by atoms with Crippen LogP contribution in [0, 0.1) is 5.92 Å². The van der Waals surface area contributed by atoms with Gasteiger partial charge in [-0.3, -0.25) is 4.79 Å². The number of rotatable bonds is 4. The zero-order chi connectivity index (χ0) is 12.3.